The first kappa shape index (κ1) is 9.90. The second kappa shape index (κ2) is 4.73. The van der Waals surface area contributed by atoms with Crippen LogP contribution in [0.5, 0.6) is 6.01 Å². The van der Waals surface area contributed by atoms with E-state index < -0.39 is 0 Å². The van der Waals surface area contributed by atoms with Crippen LogP contribution in [0.4, 0.5) is 0 Å². The molecule has 1 aromatic heterocycles. The average molecular weight is 257 g/mol. The molecule has 1 fully saturated rings. The second-order valence-corrected chi connectivity index (χ2v) is 4.53. The number of rotatable bonds is 4. The van der Waals surface area contributed by atoms with E-state index in [0.717, 1.165) is 23.4 Å². The van der Waals surface area contributed by atoms with Gasteiger partial charge in [0.2, 0.25) is 0 Å². The molecule has 0 atom stereocenters. The molecule has 0 aliphatic heterocycles. The van der Waals surface area contributed by atoms with Gasteiger partial charge in [0, 0.05) is 12.4 Å². The molecule has 1 aliphatic rings. The van der Waals surface area contributed by atoms with Gasteiger partial charge in [-0.3, -0.25) is 0 Å². The average Bonchev–Trinajstić information content (AvgIpc) is 2.12. The zero-order valence-corrected chi connectivity index (χ0v) is 9.53. The Morgan fingerprint density at radius 1 is 1.36 bits per heavy atom. The number of nitrogens with zero attached hydrogens (tertiary/aromatic N) is 2. The van der Waals surface area contributed by atoms with Gasteiger partial charge in [0.15, 0.2) is 0 Å². The highest BCUT2D eigenvalue weighted by Gasteiger charge is 2.16. The van der Waals surface area contributed by atoms with Crippen LogP contribution in [-0.4, -0.2) is 16.6 Å². The topological polar surface area (TPSA) is 35.0 Å². The van der Waals surface area contributed by atoms with Crippen LogP contribution in [-0.2, 0) is 0 Å². The summed E-state index contributed by atoms with van der Waals surface area (Å²) < 4.78 is 6.30. The Labute approximate surface area is 92.0 Å². The molecule has 1 aromatic rings. The van der Waals surface area contributed by atoms with Gasteiger partial charge in [0.05, 0.1) is 11.1 Å². The van der Waals surface area contributed by atoms with Crippen molar-refractivity contribution in [1.29, 1.82) is 0 Å². The Morgan fingerprint density at radius 3 is 2.64 bits per heavy atom. The lowest BCUT2D eigenvalue weighted by atomic mass is 9.83. The van der Waals surface area contributed by atoms with Gasteiger partial charge in [-0.2, -0.15) is 0 Å². The predicted octanol–water partition coefficient (Wildman–Crippen LogP) is 2.81. The summed E-state index contributed by atoms with van der Waals surface area (Å²) in [6.07, 6.45) is 8.66. The number of aromatic nitrogens is 2. The Bertz CT molecular complexity index is 285. The van der Waals surface area contributed by atoms with Crippen LogP contribution >= 0.6 is 15.9 Å². The van der Waals surface area contributed by atoms with E-state index in [1.165, 1.54) is 19.3 Å². The molecule has 14 heavy (non-hydrogen) atoms. The van der Waals surface area contributed by atoms with Crippen LogP contribution in [0.2, 0.25) is 0 Å². The van der Waals surface area contributed by atoms with Crippen molar-refractivity contribution < 1.29 is 4.74 Å². The summed E-state index contributed by atoms with van der Waals surface area (Å²) in [6, 6.07) is 0.479. The van der Waals surface area contributed by atoms with Crippen molar-refractivity contribution in [3.63, 3.8) is 0 Å². The van der Waals surface area contributed by atoms with E-state index in [1.54, 1.807) is 12.4 Å². The quantitative estimate of drug-likeness (QED) is 0.831. The van der Waals surface area contributed by atoms with E-state index >= 15 is 0 Å². The number of halogens is 1. The molecule has 0 saturated heterocycles. The van der Waals surface area contributed by atoms with Gasteiger partial charge < -0.3 is 4.74 Å². The molecule has 0 radical (unpaired) electrons. The summed E-state index contributed by atoms with van der Waals surface area (Å²) in [5, 5.41) is 0. The van der Waals surface area contributed by atoms with Gasteiger partial charge in [-0.15, -0.1) is 0 Å². The molecule has 0 amide bonds. The Morgan fingerprint density at radius 2 is 2.07 bits per heavy atom. The zero-order chi connectivity index (χ0) is 9.80. The molecule has 1 heterocycles. The van der Waals surface area contributed by atoms with Crippen molar-refractivity contribution in [1.82, 2.24) is 9.97 Å². The van der Waals surface area contributed by atoms with Crippen molar-refractivity contribution in [3.8, 4) is 6.01 Å². The third-order valence-electron chi connectivity index (χ3n) is 2.58. The molecule has 0 unspecified atom stereocenters. The van der Waals surface area contributed by atoms with Gasteiger partial charge in [-0.25, -0.2) is 9.97 Å². The van der Waals surface area contributed by atoms with Gasteiger partial charge in [-0.05, 0) is 28.3 Å². The molecular formula is C10H13BrN2O. The minimum Gasteiger partial charge on any atom is -0.463 e. The third-order valence-corrected chi connectivity index (χ3v) is 2.99. The molecule has 0 aromatic carbocycles. The Hall–Kier alpha value is -0.640. The summed E-state index contributed by atoms with van der Waals surface area (Å²) in [5.41, 5.74) is 0. The summed E-state index contributed by atoms with van der Waals surface area (Å²) >= 11 is 3.28. The Kier molecular flexibility index (Phi) is 3.35. The van der Waals surface area contributed by atoms with Gasteiger partial charge in [-0.1, -0.05) is 19.3 Å². The van der Waals surface area contributed by atoms with Crippen LogP contribution in [0.1, 0.15) is 25.7 Å². The summed E-state index contributed by atoms with van der Waals surface area (Å²) in [4.78, 5) is 8.08. The Balaban J connectivity index is 1.71. The molecule has 0 N–H and O–H groups in total. The van der Waals surface area contributed by atoms with Crippen molar-refractivity contribution >= 4 is 15.9 Å². The molecule has 1 aliphatic carbocycles. The third kappa shape index (κ3) is 2.67. The maximum atomic E-state index is 5.42. The maximum absolute atomic E-state index is 5.42. The standard InChI is InChI=1S/C10H13BrN2O/c11-9-6-12-10(13-7-9)14-5-4-8-2-1-3-8/h6-8H,1-5H2. The first-order valence-corrected chi connectivity index (χ1v) is 5.74. The van der Waals surface area contributed by atoms with E-state index in [2.05, 4.69) is 25.9 Å². The smallest absolute Gasteiger partial charge is 0.316 e. The molecule has 4 heteroatoms. The highest BCUT2D eigenvalue weighted by molar-refractivity contribution is 9.10. The van der Waals surface area contributed by atoms with Gasteiger partial charge in [0.25, 0.3) is 0 Å². The fraction of sp³-hybridized carbons (Fsp3) is 0.600. The number of hydrogen-bond donors (Lipinski definition) is 0. The van der Waals surface area contributed by atoms with Crippen LogP contribution in [0.3, 0.4) is 0 Å². The van der Waals surface area contributed by atoms with E-state index in [-0.39, 0.29) is 0 Å². The first-order chi connectivity index (χ1) is 6.84. The first-order valence-electron chi connectivity index (χ1n) is 4.95. The fourth-order valence-corrected chi connectivity index (χ4v) is 1.68. The van der Waals surface area contributed by atoms with E-state index in [1.807, 2.05) is 0 Å². The molecule has 0 spiro atoms. The zero-order valence-electron chi connectivity index (χ0n) is 7.95. The lowest BCUT2D eigenvalue weighted by Crippen LogP contribution is -2.14. The van der Waals surface area contributed by atoms with Crippen LogP contribution in [0.15, 0.2) is 16.9 Å². The highest BCUT2D eigenvalue weighted by Crippen LogP contribution is 2.29. The molecule has 3 nitrogen and oxygen atoms in total. The summed E-state index contributed by atoms with van der Waals surface area (Å²) in [5.74, 6) is 0.880. The van der Waals surface area contributed by atoms with E-state index in [4.69, 9.17) is 4.74 Å². The van der Waals surface area contributed by atoms with Gasteiger partial charge in [0.1, 0.15) is 0 Å². The molecule has 1 saturated carbocycles. The number of ether oxygens (including phenoxy) is 1. The van der Waals surface area contributed by atoms with Crippen LogP contribution in [0, 0.1) is 5.92 Å². The molecule has 0 bridgehead atoms. The predicted molar refractivity (Wildman–Crippen MR) is 57.2 cm³/mol. The molecular weight excluding hydrogens is 244 g/mol. The normalized spacial score (nSPS) is 16.4. The van der Waals surface area contributed by atoms with Crippen molar-refractivity contribution in [2.75, 3.05) is 6.61 Å². The summed E-state index contributed by atoms with van der Waals surface area (Å²) in [6.45, 7) is 0.742. The number of hydrogen-bond acceptors (Lipinski definition) is 3. The van der Waals surface area contributed by atoms with Crippen molar-refractivity contribution in [3.05, 3.63) is 16.9 Å². The summed E-state index contributed by atoms with van der Waals surface area (Å²) in [7, 11) is 0. The lowest BCUT2D eigenvalue weighted by molar-refractivity contribution is 0.212. The van der Waals surface area contributed by atoms with E-state index in [9.17, 15) is 0 Å². The molecule has 76 valence electrons. The SMILES string of the molecule is Brc1cnc(OCCC2CCC2)nc1. The largest absolute Gasteiger partial charge is 0.463 e. The second-order valence-electron chi connectivity index (χ2n) is 3.62. The van der Waals surface area contributed by atoms with Gasteiger partial charge >= 0.3 is 6.01 Å². The monoisotopic (exact) mass is 256 g/mol. The van der Waals surface area contributed by atoms with E-state index in [0.29, 0.717) is 6.01 Å². The van der Waals surface area contributed by atoms with Crippen LogP contribution < -0.4 is 4.74 Å². The van der Waals surface area contributed by atoms with Crippen molar-refractivity contribution in [2.24, 2.45) is 5.92 Å². The molecule has 2 rings (SSSR count). The van der Waals surface area contributed by atoms with Crippen molar-refractivity contribution in [2.45, 2.75) is 25.7 Å². The minimum absolute atomic E-state index is 0.479. The van der Waals surface area contributed by atoms with Crippen LogP contribution in [0.25, 0.3) is 0 Å². The lowest BCUT2D eigenvalue weighted by Gasteiger charge is -2.24. The maximum Gasteiger partial charge on any atom is 0.316 e. The minimum atomic E-state index is 0.479. The fourth-order valence-electron chi connectivity index (χ4n) is 1.47. The highest BCUT2D eigenvalue weighted by atomic mass is 79.9.